The summed E-state index contributed by atoms with van der Waals surface area (Å²) in [6.45, 7) is 0. The number of methoxy groups -OCH3 is 1. The highest BCUT2D eigenvalue weighted by Gasteiger charge is 2.07. The molecule has 1 aromatic carbocycles. The maximum atomic E-state index is 5.70. The number of hydrogen-bond donors (Lipinski definition) is 1. The molecule has 2 N–H and O–H groups in total. The second kappa shape index (κ2) is 4.53. The quantitative estimate of drug-likeness (QED) is 0.918. The largest absolute Gasteiger partial charge is 0.496 e. The fourth-order valence-electron chi connectivity index (χ4n) is 1.44. The van der Waals surface area contributed by atoms with E-state index in [-0.39, 0.29) is 0 Å². The summed E-state index contributed by atoms with van der Waals surface area (Å²) in [6, 6.07) is 9.62. The average Bonchev–Trinajstić information content (AvgIpc) is 2.32. The SMILES string of the molecule is COc1ccccc1-c1cc(Br)c(N)cn1. The van der Waals surface area contributed by atoms with Crippen molar-refractivity contribution in [2.45, 2.75) is 0 Å². The first-order chi connectivity index (χ1) is 7.72. The molecule has 0 bridgehead atoms. The first-order valence-electron chi connectivity index (χ1n) is 4.77. The summed E-state index contributed by atoms with van der Waals surface area (Å²) in [5, 5.41) is 0. The van der Waals surface area contributed by atoms with Crippen LogP contribution >= 0.6 is 15.9 Å². The van der Waals surface area contributed by atoms with Crippen LogP contribution in [0.15, 0.2) is 41.0 Å². The van der Waals surface area contributed by atoms with E-state index in [0.717, 1.165) is 21.5 Å². The summed E-state index contributed by atoms with van der Waals surface area (Å²) in [5.74, 6) is 0.798. The Morgan fingerprint density at radius 1 is 1.31 bits per heavy atom. The maximum Gasteiger partial charge on any atom is 0.128 e. The van der Waals surface area contributed by atoms with E-state index in [1.807, 2.05) is 30.3 Å². The Balaban J connectivity index is 2.54. The number of halogens is 1. The molecule has 0 amide bonds. The van der Waals surface area contributed by atoms with Crippen molar-refractivity contribution < 1.29 is 4.74 Å². The number of pyridine rings is 1. The molecule has 82 valence electrons. The standard InChI is InChI=1S/C12H11BrN2O/c1-16-12-5-3-2-4-8(12)11-6-9(13)10(14)7-15-11/h2-7H,14H2,1H3. The molecule has 3 nitrogen and oxygen atoms in total. The molecule has 2 aromatic rings. The van der Waals surface area contributed by atoms with Gasteiger partial charge < -0.3 is 10.5 Å². The van der Waals surface area contributed by atoms with Gasteiger partial charge in [-0.2, -0.15) is 0 Å². The van der Waals surface area contributed by atoms with Crippen molar-refractivity contribution in [3.05, 3.63) is 41.0 Å². The van der Waals surface area contributed by atoms with Crippen LogP contribution in [0.1, 0.15) is 0 Å². The molecular formula is C12H11BrN2O. The van der Waals surface area contributed by atoms with Gasteiger partial charge in [0.2, 0.25) is 0 Å². The lowest BCUT2D eigenvalue weighted by molar-refractivity contribution is 0.416. The zero-order chi connectivity index (χ0) is 11.5. The highest BCUT2D eigenvalue weighted by atomic mass is 79.9. The van der Waals surface area contributed by atoms with Gasteiger partial charge in [-0.3, -0.25) is 4.98 Å². The molecule has 0 aliphatic carbocycles. The van der Waals surface area contributed by atoms with Gasteiger partial charge in [0.1, 0.15) is 5.75 Å². The van der Waals surface area contributed by atoms with Crippen LogP contribution < -0.4 is 10.5 Å². The lowest BCUT2D eigenvalue weighted by Gasteiger charge is -2.08. The molecule has 0 radical (unpaired) electrons. The molecule has 2 rings (SSSR count). The van der Waals surface area contributed by atoms with E-state index in [9.17, 15) is 0 Å². The molecule has 0 saturated carbocycles. The van der Waals surface area contributed by atoms with Gasteiger partial charge in [0.05, 0.1) is 24.7 Å². The second-order valence-electron chi connectivity index (χ2n) is 3.29. The molecular weight excluding hydrogens is 268 g/mol. The molecule has 0 aliphatic rings. The lowest BCUT2D eigenvalue weighted by Crippen LogP contribution is -1.92. The number of hydrogen-bond acceptors (Lipinski definition) is 3. The first-order valence-corrected chi connectivity index (χ1v) is 5.56. The molecule has 0 atom stereocenters. The van der Waals surface area contributed by atoms with E-state index < -0.39 is 0 Å². The van der Waals surface area contributed by atoms with E-state index in [4.69, 9.17) is 10.5 Å². The normalized spacial score (nSPS) is 10.1. The minimum Gasteiger partial charge on any atom is -0.496 e. The number of benzene rings is 1. The van der Waals surface area contributed by atoms with E-state index in [0.29, 0.717) is 5.69 Å². The summed E-state index contributed by atoms with van der Waals surface area (Å²) < 4.78 is 6.12. The molecule has 1 aromatic heterocycles. The second-order valence-corrected chi connectivity index (χ2v) is 4.15. The van der Waals surface area contributed by atoms with Gasteiger partial charge in [0, 0.05) is 10.0 Å². The molecule has 0 fully saturated rings. The maximum absolute atomic E-state index is 5.70. The van der Waals surface area contributed by atoms with Gasteiger partial charge in [-0.25, -0.2) is 0 Å². The molecule has 1 heterocycles. The monoisotopic (exact) mass is 278 g/mol. The van der Waals surface area contributed by atoms with Crippen LogP contribution in [0.25, 0.3) is 11.3 Å². The number of para-hydroxylation sites is 1. The topological polar surface area (TPSA) is 48.1 Å². The Kier molecular flexibility index (Phi) is 3.10. The minimum absolute atomic E-state index is 0.624. The average molecular weight is 279 g/mol. The number of nitrogen functional groups attached to an aromatic ring is 1. The van der Waals surface area contributed by atoms with E-state index in [1.165, 1.54) is 0 Å². The predicted molar refractivity (Wildman–Crippen MR) is 68.3 cm³/mol. The van der Waals surface area contributed by atoms with Crippen LogP contribution in [0.4, 0.5) is 5.69 Å². The van der Waals surface area contributed by atoms with Crippen LogP contribution in [-0.4, -0.2) is 12.1 Å². The van der Waals surface area contributed by atoms with Crippen LogP contribution in [0.5, 0.6) is 5.75 Å². The number of anilines is 1. The van der Waals surface area contributed by atoms with Gasteiger partial charge >= 0.3 is 0 Å². The smallest absolute Gasteiger partial charge is 0.128 e. The fourth-order valence-corrected chi connectivity index (χ4v) is 1.76. The van der Waals surface area contributed by atoms with Gasteiger partial charge in [0.25, 0.3) is 0 Å². The van der Waals surface area contributed by atoms with Crippen LogP contribution in [0.2, 0.25) is 0 Å². The molecule has 0 saturated heterocycles. The van der Waals surface area contributed by atoms with Gasteiger partial charge in [-0.15, -0.1) is 0 Å². The number of nitrogens with zero attached hydrogens (tertiary/aromatic N) is 1. The summed E-state index contributed by atoms with van der Waals surface area (Å²) in [6.07, 6.45) is 1.63. The highest BCUT2D eigenvalue weighted by Crippen LogP contribution is 2.31. The van der Waals surface area contributed by atoms with Crippen molar-refractivity contribution in [3.63, 3.8) is 0 Å². The third-order valence-electron chi connectivity index (χ3n) is 2.26. The molecule has 4 heteroatoms. The van der Waals surface area contributed by atoms with Crippen LogP contribution in [0, 0.1) is 0 Å². The van der Waals surface area contributed by atoms with Gasteiger partial charge in [-0.1, -0.05) is 12.1 Å². The van der Waals surface area contributed by atoms with Crippen LogP contribution in [0.3, 0.4) is 0 Å². The predicted octanol–water partition coefficient (Wildman–Crippen LogP) is 3.10. The number of nitrogens with two attached hydrogens (primary N) is 1. The summed E-state index contributed by atoms with van der Waals surface area (Å²) in [4.78, 5) is 4.28. The third-order valence-corrected chi connectivity index (χ3v) is 2.95. The Hall–Kier alpha value is -1.55. The Morgan fingerprint density at radius 3 is 2.75 bits per heavy atom. The summed E-state index contributed by atoms with van der Waals surface area (Å²) >= 11 is 3.38. The molecule has 16 heavy (non-hydrogen) atoms. The van der Waals surface area contributed by atoms with Crippen molar-refractivity contribution in [1.82, 2.24) is 4.98 Å². The van der Waals surface area contributed by atoms with Crippen LogP contribution in [-0.2, 0) is 0 Å². The number of rotatable bonds is 2. The Labute approximate surface area is 102 Å². The van der Waals surface area contributed by atoms with Gasteiger partial charge in [-0.05, 0) is 34.1 Å². The van der Waals surface area contributed by atoms with Gasteiger partial charge in [0.15, 0.2) is 0 Å². The zero-order valence-corrected chi connectivity index (χ0v) is 10.4. The number of ether oxygens (including phenoxy) is 1. The summed E-state index contributed by atoms with van der Waals surface area (Å²) in [5.41, 5.74) is 8.10. The van der Waals surface area contributed by atoms with Crippen molar-refractivity contribution in [2.75, 3.05) is 12.8 Å². The van der Waals surface area contributed by atoms with E-state index >= 15 is 0 Å². The lowest BCUT2D eigenvalue weighted by atomic mass is 10.1. The Bertz CT molecular complexity index is 514. The van der Waals surface area contributed by atoms with Crippen molar-refractivity contribution in [1.29, 1.82) is 0 Å². The van der Waals surface area contributed by atoms with Crippen molar-refractivity contribution >= 4 is 21.6 Å². The first kappa shape index (κ1) is 11.0. The van der Waals surface area contributed by atoms with E-state index in [2.05, 4.69) is 20.9 Å². The van der Waals surface area contributed by atoms with Crippen molar-refractivity contribution in [2.24, 2.45) is 0 Å². The summed E-state index contributed by atoms with van der Waals surface area (Å²) in [7, 11) is 1.64. The zero-order valence-electron chi connectivity index (χ0n) is 8.77. The fraction of sp³-hybridized carbons (Fsp3) is 0.0833. The van der Waals surface area contributed by atoms with E-state index in [1.54, 1.807) is 13.3 Å². The third kappa shape index (κ3) is 2.02. The highest BCUT2D eigenvalue weighted by molar-refractivity contribution is 9.10. The molecule has 0 aliphatic heterocycles. The minimum atomic E-state index is 0.624. The molecule has 0 spiro atoms. The van der Waals surface area contributed by atoms with Crippen molar-refractivity contribution in [3.8, 4) is 17.0 Å². The number of aromatic nitrogens is 1. The Morgan fingerprint density at radius 2 is 2.06 bits per heavy atom. The molecule has 0 unspecified atom stereocenters.